The van der Waals surface area contributed by atoms with Crippen LogP contribution in [0.5, 0.6) is 5.75 Å². The van der Waals surface area contributed by atoms with Crippen LogP contribution in [0.15, 0.2) is 18.2 Å². The Morgan fingerprint density at radius 2 is 1.95 bits per heavy atom. The van der Waals surface area contributed by atoms with Crippen LogP contribution in [0.4, 0.5) is 5.69 Å². The first-order valence-corrected chi connectivity index (χ1v) is 6.84. The van der Waals surface area contributed by atoms with E-state index in [0.29, 0.717) is 11.4 Å². The number of hydrogen-bond acceptors (Lipinski definition) is 3. The van der Waals surface area contributed by atoms with Crippen LogP contribution in [0, 0.1) is 0 Å². The molecule has 0 bridgehead atoms. The van der Waals surface area contributed by atoms with Gasteiger partial charge in [0.1, 0.15) is 12.4 Å². The number of rotatable bonds is 5. The molecule has 4 heteroatoms. The summed E-state index contributed by atoms with van der Waals surface area (Å²) in [7, 11) is 1.59. The lowest BCUT2D eigenvalue weighted by Crippen LogP contribution is -2.21. The van der Waals surface area contributed by atoms with Gasteiger partial charge in [-0.25, -0.2) is 0 Å². The van der Waals surface area contributed by atoms with Crippen LogP contribution in [-0.4, -0.2) is 25.7 Å². The molecule has 0 aliphatic carbocycles. The molecule has 1 aromatic rings. The van der Waals surface area contributed by atoms with E-state index in [1.165, 1.54) is 0 Å². The molecule has 0 heterocycles. The number of nitrogens with one attached hydrogen (secondary N) is 1. The highest BCUT2D eigenvalue weighted by Gasteiger charge is 2.17. The summed E-state index contributed by atoms with van der Waals surface area (Å²) in [6.45, 7) is 10.2. The summed E-state index contributed by atoms with van der Waals surface area (Å²) >= 11 is 0. The van der Waals surface area contributed by atoms with E-state index in [0.717, 1.165) is 5.56 Å². The van der Waals surface area contributed by atoms with Crippen molar-refractivity contribution in [1.82, 2.24) is 0 Å². The van der Waals surface area contributed by atoms with E-state index in [9.17, 15) is 4.79 Å². The van der Waals surface area contributed by atoms with Crippen molar-refractivity contribution >= 4 is 11.6 Å². The quantitative estimate of drug-likeness (QED) is 0.899. The summed E-state index contributed by atoms with van der Waals surface area (Å²) in [5.41, 5.74) is 1.83. The van der Waals surface area contributed by atoms with Gasteiger partial charge in [-0.1, -0.05) is 26.8 Å². The molecule has 20 heavy (non-hydrogen) atoms. The maximum absolute atomic E-state index is 11.9. The molecule has 0 atom stereocenters. The van der Waals surface area contributed by atoms with Gasteiger partial charge in [0.15, 0.2) is 0 Å². The summed E-state index contributed by atoms with van der Waals surface area (Å²) in [5.74, 6) is 0.471. The number of amides is 1. The predicted octanol–water partition coefficient (Wildman–Crippen LogP) is 3.36. The standard InChI is InChI=1S/C16H25NO3/c1-11(2)20-10-15(18)17-13-9-12(16(3,4)5)7-8-14(13)19-6/h7-9,11H,10H2,1-6H3,(H,17,18). The zero-order chi connectivity index (χ0) is 15.3. The van der Waals surface area contributed by atoms with Gasteiger partial charge < -0.3 is 14.8 Å². The van der Waals surface area contributed by atoms with Crippen LogP contribution < -0.4 is 10.1 Å². The van der Waals surface area contributed by atoms with Crippen molar-refractivity contribution in [3.8, 4) is 5.75 Å². The predicted molar refractivity (Wildman–Crippen MR) is 81.4 cm³/mol. The Morgan fingerprint density at radius 1 is 1.30 bits per heavy atom. The minimum Gasteiger partial charge on any atom is -0.495 e. The van der Waals surface area contributed by atoms with Crippen LogP contribution >= 0.6 is 0 Å². The summed E-state index contributed by atoms with van der Waals surface area (Å²) < 4.78 is 10.6. The fourth-order valence-corrected chi connectivity index (χ4v) is 1.70. The molecule has 0 fully saturated rings. The van der Waals surface area contributed by atoms with Crippen molar-refractivity contribution in [2.24, 2.45) is 0 Å². The molecule has 1 amide bonds. The SMILES string of the molecule is COc1ccc(C(C)(C)C)cc1NC(=O)COC(C)C. The van der Waals surface area contributed by atoms with Crippen molar-refractivity contribution in [1.29, 1.82) is 0 Å². The highest BCUT2D eigenvalue weighted by molar-refractivity contribution is 5.93. The van der Waals surface area contributed by atoms with E-state index >= 15 is 0 Å². The zero-order valence-electron chi connectivity index (χ0n) is 13.2. The van der Waals surface area contributed by atoms with Crippen molar-refractivity contribution in [2.45, 2.75) is 46.1 Å². The molecular formula is C16H25NO3. The molecule has 0 unspecified atom stereocenters. The summed E-state index contributed by atoms with van der Waals surface area (Å²) in [6, 6.07) is 5.84. The molecule has 1 aromatic carbocycles. The Bertz CT molecular complexity index is 461. The fraction of sp³-hybridized carbons (Fsp3) is 0.562. The van der Waals surface area contributed by atoms with E-state index in [1.807, 2.05) is 32.0 Å². The molecule has 0 saturated carbocycles. The van der Waals surface area contributed by atoms with Crippen LogP contribution in [0.2, 0.25) is 0 Å². The molecule has 1 N–H and O–H groups in total. The molecule has 0 radical (unpaired) electrons. The Kier molecular flexibility index (Phi) is 5.57. The van der Waals surface area contributed by atoms with E-state index in [2.05, 4.69) is 26.1 Å². The number of anilines is 1. The maximum Gasteiger partial charge on any atom is 0.250 e. The third kappa shape index (κ3) is 4.85. The molecule has 112 valence electrons. The van der Waals surface area contributed by atoms with Crippen LogP contribution in [0.25, 0.3) is 0 Å². The largest absolute Gasteiger partial charge is 0.495 e. The highest BCUT2D eigenvalue weighted by Crippen LogP contribution is 2.31. The number of methoxy groups -OCH3 is 1. The monoisotopic (exact) mass is 279 g/mol. The van der Waals surface area contributed by atoms with Crippen molar-refractivity contribution in [3.05, 3.63) is 23.8 Å². The lowest BCUT2D eigenvalue weighted by molar-refractivity contribution is -0.121. The average molecular weight is 279 g/mol. The Labute approximate surface area is 121 Å². The van der Waals surface area contributed by atoms with Gasteiger partial charge in [-0.2, -0.15) is 0 Å². The molecular weight excluding hydrogens is 254 g/mol. The van der Waals surface area contributed by atoms with Gasteiger partial charge in [0.25, 0.3) is 0 Å². The third-order valence-electron chi connectivity index (χ3n) is 2.89. The van der Waals surface area contributed by atoms with Crippen molar-refractivity contribution in [3.63, 3.8) is 0 Å². The van der Waals surface area contributed by atoms with Gasteiger partial charge >= 0.3 is 0 Å². The highest BCUT2D eigenvalue weighted by atomic mass is 16.5. The van der Waals surface area contributed by atoms with E-state index in [-0.39, 0.29) is 24.0 Å². The summed E-state index contributed by atoms with van der Waals surface area (Å²) in [6.07, 6.45) is 0.0311. The minimum atomic E-state index is -0.178. The first kappa shape index (κ1) is 16.5. The molecule has 0 aromatic heterocycles. The average Bonchev–Trinajstić information content (AvgIpc) is 2.35. The van der Waals surface area contributed by atoms with Gasteiger partial charge in [0.2, 0.25) is 5.91 Å². The van der Waals surface area contributed by atoms with Crippen molar-refractivity contribution in [2.75, 3.05) is 19.0 Å². The minimum absolute atomic E-state index is 0.0141. The number of carbonyl (C=O) groups is 1. The maximum atomic E-state index is 11.9. The van der Waals surface area contributed by atoms with Crippen LogP contribution in [-0.2, 0) is 14.9 Å². The zero-order valence-corrected chi connectivity index (χ0v) is 13.2. The van der Waals surface area contributed by atoms with Crippen LogP contribution in [0.3, 0.4) is 0 Å². The fourth-order valence-electron chi connectivity index (χ4n) is 1.70. The first-order valence-electron chi connectivity index (χ1n) is 6.84. The molecule has 0 aliphatic rings. The second-order valence-electron chi connectivity index (χ2n) is 6.07. The number of hydrogen-bond donors (Lipinski definition) is 1. The van der Waals surface area contributed by atoms with Gasteiger partial charge in [0, 0.05) is 0 Å². The van der Waals surface area contributed by atoms with Crippen molar-refractivity contribution < 1.29 is 14.3 Å². The lowest BCUT2D eigenvalue weighted by Gasteiger charge is -2.21. The molecule has 0 spiro atoms. The lowest BCUT2D eigenvalue weighted by atomic mass is 9.87. The number of ether oxygens (including phenoxy) is 2. The van der Waals surface area contributed by atoms with E-state index in [4.69, 9.17) is 9.47 Å². The summed E-state index contributed by atoms with van der Waals surface area (Å²) in [5, 5.41) is 2.84. The van der Waals surface area contributed by atoms with Gasteiger partial charge in [-0.15, -0.1) is 0 Å². The van der Waals surface area contributed by atoms with E-state index < -0.39 is 0 Å². The Hall–Kier alpha value is -1.55. The molecule has 0 aliphatic heterocycles. The number of benzene rings is 1. The molecule has 4 nitrogen and oxygen atoms in total. The topological polar surface area (TPSA) is 47.6 Å². The van der Waals surface area contributed by atoms with Gasteiger partial charge in [-0.05, 0) is 37.0 Å². The number of carbonyl (C=O) groups excluding carboxylic acids is 1. The van der Waals surface area contributed by atoms with Gasteiger partial charge in [-0.3, -0.25) is 4.79 Å². The normalized spacial score (nSPS) is 11.6. The smallest absolute Gasteiger partial charge is 0.250 e. The second-order valence-corrected chi connectivity index (χ2v) is 6.07. The summed E-state index contributed by atoms with van der Waals surface area (Å²) in [4.78, 5) is 11.9. The first-order chi connectivity index (χ1) is 9.24. The third-order valence-corrected chi connectivity index (χ3v) is 2.89. The Balaban J connectivity index is 2.89. The van der Waals surface area contributed by atoms with E-state index in [1.54, 1.807) is 7.11 Å². The Morgan fingerprint density at radius 3 is 2.45 bits per heavy atom. The molecule has 1 rings (SSSR count). The second kappa shape index (κ2) is 6.75. The van der Waals surface area contributed by atoms with Crippen LogP contribution in [0.1, 0.15) is 40.2 Å². The molecule has 0 saturated heterocycles. The van der Waals surface area contributed by atoms with Gasteiger partial charge in [0.05, 0.1) is 18.9 Å².